The van der Waals surface area contributed by atoms with Crippen LogP contribution in [0.3, 0.4) is 0 Å². The van der Waals surface area contributed by atoms with Crippen LogP contribution in [0, 0.1) is 5.92 Å². The summed E-state index contributed by atoms with van der Waals surface area (Å²) in [7, 11) is 0. The molecule has 0 saturated carbocycles. The van der Waals surface area contributed by atoms with Gasteiger partial charge in [0.2, 0.25) is 11.8 Å². The zero-order valence-electron chi connectivity index (χ0n) is 12.3. The van der Waals surface area contributed by atoms with Crippen molar-refractivity contribution in [3.05, 3.63) is 0 Å². The maximum atomic E-state index is 12.6. The topological polar surface area (TPSA) is 61.4 Å². The average Bonchev–Trinajstić information content (AvgIpc) is 2.43. The van der Waals surface area contributed by atoms with E-state index >= 15 is 0 Å². The second-order valence-corrected chi connectivity index (χ2v) is 5.08. The third-order valence-electron chi connectivity index (χ3n) is 3.58. The molecule has 21 heavy (non-hydrogen) atoms. The van der Waals surface area contributed by atoms with Crippen LogP contribution < -0.4 is 10.6 Å². The number of carbonyl (C=O) groups excluding carboxylic acids is 2. The molecule has 1 saturated heterocycles. The van der Waals surface area contributed by atoms with Crippen molar-refractivity contribution in [1.82, 2.24) is 15.5 Å². The number of carbonyl (C=O) groups is 2. The summed E-state index contributed by atoms with van der Waals surface area (Å²) in [5, 5.41) is 5.25. The highest BCUT2D eigenvalue weighted by atomic mass is 19.4. The van der Waals surface area contributed by atoms with Gasteiger partial charge in [-0.1, -0.05) is 0 Å². The van der Waals surface area contributed by atoms with Crippen LogP contribution in [0.5, 0.6) is 0 Å². The summed E-state index contributed by atoms with van der Waals surface area (Å²) < 4.78 is 37.7. The summed E-state index contributed by atoms with van der Waals surface area (Å²) in [6.07, 6.45) is -4.16. The molecule has 0 aromatic heterocycles. The van der Waals surface area contributed by atoms with Gasteiger partial charge in [0, 0.05) is 19.6 Å². The number of nitrogens with one attached hydrogen (secondary N) is 2. The van der Waals surface area contributed by atoms with Gasteiger partial charge in [0.25, 0.3) is 0 Å². The molecule has 0 spiro atoms. The second-order valence-electron chi connectivity index (χ2n) is 5.08. The molecule has 0 radical (unpaired) electrons. The zero-order chi connectivity index (χ0) is 16.0. The monoisotopic (exact) mass is 309 g/mol. The van der Waals surface area contributed by atoms with Gasteiger partial charge in [-0.05, 0) is 26.7 Å². The lowest BCUT2D eigenvalue weighted by molar-refractivity contribution is -0.180. The lowest BCUT2D eigenvalue weighted by Gasteiger charge is -2.33. The van der Waals surface area contributed by atoms with Crippen molar-refractivity contribution in [1.29, 1.82) is 0 Å². The van der Waals surface area contributed by atoms with Crippen molar-refractivity contribution in [2.75, 3.05) is 26.2 Å². The minimum Gasteiger partial charge on any atom is -0.355 e. The third-order valence-corrected chi connectivity index (χ3v) is 3.58. The van der Waals surface area contributed by atoms with Crippen molar-refractivity contribution < 1.29 is 22.8 Å². The molecular formula is C13H22F3N3O2. The van der Waals surface area contributed by atoms with E-state index in [1.165, 1.54) is 4.90 Å². The highest BCUT2D eigenvalue weighted by Crippen LogP contribution is 2.32. The molecule has 2 atom stereocenters. The van der Waals surface area contributed by atoms with E-state index in [1.54, 1.807) is 13.8 Å². The highest BCUT2D eigenvalue weighted by Gasteiger charge is 2.42. The van der Waals surface area contributed by atoms with Crippen LogP contribution in [0.4, 0.5) is 13.2 Å². The fourth-order valence-corrected chi connectivity index (χ4v) is 2.34. The van der Waals surface area contributed by atoms with Crippen molar-refractivity contribution >= 4 is 11.8 Å². The van der Waals surface area contributed by atoms with Gasteiger partial charge in [-0.3, -0.25) is 9.59 Å². The molecule has 0 aliphatic carbocycles. The summed E-state index contributed by atoms with van der Waals surface area (Å²) in [4.78, 5) is 25.1. The fraction of sp³-hybridized carbons (Fsp3) is 0.846. The number of hydrogen-bond acceptors (Lipinski definition) is 3. The molecule has 8 heteroatoms. The van der Waals surface area contributed by atoms with Crippen molar-refractivity contribution in [3.8, 4) is 0 Å². The first-order valence-corrected chi connectivity index (χ1v) is 7.15. The minimum atomic E-state index is -4.23. The highest BCUT2D eigenvalue weighted by molar-refractivity contribution is 5.87. The Balaban J connectivity index is 2.53. The third kappa shape index (κ3) is 5.18. The molecule has 0 bridgehead atoms. The van der Waals surface area contributed by atoms with E-state index in [0.717, 1.165) is 0 Å². The predicted octanol–water partition coefficient (Wildman–Crippen LogP) is 0.901. The minimum absolute atomic E-state index is 0.0639. The predicted molar refractivity (Wildman–Crippen MR) is 71.5 cm³/mol. The van der Waals surface area contributed by atoms with Gasteiger partial charge in [0.05, 0.1) is 18.5 Å². The van der Waals surface area contributed by atoms with Crippen LogP contribution in [0.15, 0.2) is 0 Å². The first kappa shape index (κ1) is 17.7. The number of nitrogens with zero attached hydrogens (tertiary/aromatic N) is 1. The molecule has 1 rings (SSSR count). The van der Waals surface area contributed by atoms with E-state index in [9.17, 15) is 22.8 Å². The number of piperidine rings is 1. The maximum absolute atomic E-state index is 12.6. The van der Waals surface area contributed by atoms with Crippen LogP contribution in [0.2, 0.25) is 0 Å². The molecule has 1 aliphatic rings. The molecule has 1 heterocycles. The molecule has 1 aliphatic heterocycles. The molecule has 2 N–H and O–H groups in total. The number of amides is 2. The van der Waals surface area contributed by atoms with Gasteiger partial charge < -0.3 is 15.5 Å². The molecule has 0 aromatic carbocycles. The standard InChI is InChI=1S/C13H22F3N3O2/c1-3-17-11(20)8-19(4-2)12(21)10-6-5-9(7-18-10)13(14,15)16/h9-10,18H,3-8H2,1-2H3,(H,17,20). The van der Waals surface area contributed by atoms with Gasteiger partial charge in [-0.2, -0.15) is 13.2 Å². The summed E-state index contributed by atoms with van der Waals surface area (Å²) in [6, 6.07) is -0.641. The van der Waals surface area contributed by atoms with Gasteiger partial charge in [0.1, 0.15) is 0 Å². The van der Waals surface area contributed by atoms with Crippen LogP contribution in [0.1, 0.15) is 26.7 Å². The van der Waals surface area contributed by atoms with E-state index in [0.29, 0.717) is 13.1 Å². The Kier molecular flexibility index (Phi) is 6.44. The van der Waals surface area contributed by atoms with E-state index < -0.39 is 18.1 Å². The first-order chi connectivity index (χ1) is 9.79. The lowest BCUT2D eigenvalue weighted by atomic mass is 9.93. The summed E-state index contributed by atoms with van der Waals surface area (Å²) in [6.45, 7) is 4.01. The van der Waals surface area contributed by atoms with Crippen LogP contribution in [-0.2, 0) is 9.59 Å². The molecular weight excluding hydrogens is 287 g/mol. The fourth-order valence-electron chi connectivity index (χ4n) is 2.34. The normalized spacial score (nSPS) is 22.7. The molecule has 1 fully saturated rings. The quantitative estimate of drug-likeness (QED) is 0.793. The second kappa shape index (κ2) is 7.63. The number of halogens is 3. The Labute approximate surface area is 122 Å². The van der Waals surface area contributed by atoms with Gasteiger partial charge in [0.15, 0.2) is 0 Å². The number of alkyl halides is 3. The van der Waals surface area contributed by atoms with Crippen LogP contribution >= 0.6 is 0 Å². The van der Waals surface area contributed by atoms with Gasteiger partial charge >= 0.3 is 6.18 Å². The van der Waals surface area contributed by atoms with Crippen molar-refractivity contribution in [3.63, 3.8) is 0 Å². The molecule has 2 amide bonds. The lowest BCUT2D eigenvalue weighted by Crippen LogP contribution is -2.53. The Morgan fingerprint density at radius 2 is 1.95 bits per heavy atom. The van der Waals surface area contributed by atoms with Crippen LogP contribution in [0.25, 0.3) is 0 Å². The van der Waals surface area contributed by atoms with Crippen molar-refractivity contribution in [2.24, 2.45) is 5.92 Å². The van der Waals surface area contributed by atoms with E-state index in [4.69, 9.17) is 0 Å². The summed E-state index contributed by atoms with van der Waals surface area (Å²) in [5.41, 5.74) is 0. The smallest absolute Gasteiger partial charge is 0.355 e. The maximum Gasteiger partial charge on any atom is 0.393 e. The Hall–Kier alpha value is -1.31. The molecule has 5 nitrogen and oxygen atoms in total. The first-order valence-electron chi connectivity index (χ1n) is 7.15. The van der Waals surface area contributed by atoms with Crippen LogP contribution in [-0.4, -0.2) is 55.1 Å². The van der Waals surface area contributed by atoms with Gasteiger partial charge in [-0.15, -0.1) is 0 Å². The number of rotatable bonds is 5. The zero-order valence-corrected chi connectivity index (χ0v) is 12.3. The summed E-state index contributed by atoms with van der Waals surface area (Å²) >= 11 is 0. The number of likely N-dealkylation sites (N-methyl/N-ethyl adjacent to an activating group) is 2. The van der Waals surface area contributed by atoms with E-state index in [-0.39, 0.29) is 37.7 Å². The SMILES string of the molecule is CCNC(=O)CN(CC)C(=O)C1CCC(C(F)(F)F)CN1. The average molecular weight is 309 g/mol. The Bertz CT molecular complexity index is 366. The molecule has 2 unspecified atom stereocenters. The van der Waals surface area contributed by atoms with E-state index in [2.05, 4.69) is 10.6 Å². The molecule has 0 aromatic rings. The summed E-state index contributed by atoms with van der Waals surface area (Å²) in [5.74, 6) is -1.99. The van der Waals surface area contributed by atoms with Crippen molar-refractivity contribution in [2.45, 2.75) is 38.9 Å². The largest absolute Gasteiger partial charge is 0.393 e. The number of hydrogen-bond donors (Lipinski definition) is 2. The van der Waals surface area contributed by atoms with Gasteiger partial charge in [-0.25, -0.2) is 0 Å². The molecule has 122 valence electrons. The Morgan fingerprint density at radius 3 is 2.38 bits per heavy atom. The van der Waals surface area contributed by atoms with E-state index in [1.807, 2.05) is 0 Å². The Morgan fingerprint density at radius 1 is 1.29 bits per heavy atom.